The normalized spacial score (nSPS) is 27.2. The third-order valence-electron chi connectivity index (χ3n) is 4.80. The lowest BCUT2D eigenvalue weighted by Gasteiger charge is -2.28. The van der Waals surface area contributed by atoms with E-state index in [4.69, 9.17) is 0 Å². The number of rotatable bonds is 3. The van der Waals surface area contributed by atoms with Crippen molar-refractivity contribution in [1.82, 2.24) is 15.1 Å². The average Bonchev–Trinajstić information content (AvgIpc) is 2.62. The summed E-state index contributed by atoms with van der Waals surface area (Å²) in [5.74, 6) is 0.381. The van der Waals surface area contributed by atoms with Crippen LogP contribution in [0.2, 0.25) is 0 Å². The van der Waals surface area contributed by atoms with Crippen LogP contribution < -0.4 is 5.32 Å². The van der Waals surface area contributed by atoms with Crippen LogP contribution in [0.25, 0.3) is 0 Å². The highest BCUT2D eigenvalue weighted by Crippen LogP contribution is 2.31. The Morgan fingerprint density at radius 1 is 1.35 bits per heavy atom. The van der Waals surface area contributed by atoms with E-state index in [1.807, 2.05) is 11.9 Å². The molecule has 114 valence electrons. The molecule has 2 rings (SSSR count). The van der Waals surface area contributed by atoms with Crippen LogP contribution >= 0.6 is 0 Å². The second kappa shape index (κ2) is 6.12. The molecule has 1 atom stereocenters. The first-order valence-corrected chi connectivity index (χ1v) is 7.71. The van der Waals surface area contributed by atoms with Crippen LogP contribution in [0.5, 0.6) is 0 Å². The number of hydrogen-bond acceptors (Lipinski definition) is 3. The summed E-state index contributed by atoms with van der Waals surface area (Å²) in [6.45, 7) is 6.27. The molecule has 1 N–H and O–H groups in total. The van der Waals surface area contributed by atoms with Gasteiger partial charge in [-0.05, 0) is 46.6 Å². The molecule has 2 heterocycles. The molecule has 2 amide bonds. The van der Waals surface area contributed by atoms with Gasteiger partial charge >= 0.3 is 0 Å². The zero-order valence-corrected chi connectivity index (χ0v) is 12.9. The van der Waals surface area contributed by atoms with Gasteiger partial charge in [0, 0.05) is 31.1 Å². The molecule has 0 saturated carbocycles. The average molecular weight is 281 g/mol. The van der Waals surface area contributed by atoms with Crippen molar-refractivity contribution in [2.45, 2.75) is 57.5 Å². The number of nitrogens with one attached hydrogen (secondary N) is 1. The maximum absolute atomic E-state index is 12.3. The first-order valence-electron chi connectivity index (χ1n) is 7.71. The van der Waals surface area contributed by atoms with Gasteiger partial charge in [-0.15, -0.1) is 0 Å². The van der Waals surface area contributed by atoms with Crippen molar-refractivity contribution in [3.63, 3.8) is 0 Å². The zero-order chi connectivity index (χ0) is 14.8. The standard InChI is InChI=1S/C15H27N3O2/c1-12(2)17(3)11-14(20)18-9-4-6-15(8-10-18)7-5-13(19)16-15/h12H,4-11H2,1-3H3,(H,16,19). The molecule has 0 aliphatic carbocycles. The molecule has 1 unspecified atom stereocenters. The van der Waals surface area contributed by atoms with Crippen LogP contribution in [0.3, 0.4) is 0 Å². The van der Waals surface area contributed by atoms with Crippen LogP contribution in [0.1, 0.15) is 46.0 Å². The fourth-order valence-corrected chi connectivity index (χ4v) is 3.09. The van der Waals surface area contributed by atoms with Gasteiger partial charge in [0.2, 0.25) is 11.8 Å². The molecule has 1 spiro atoms. The minimum atomic E-state index is -0.0317. The van der Waals surface area contributed by atoms with E-state index in [1.165, 1.54) is 0 Å². The Morgan fingerprint density at radius 3 is 2.70 bits per heavy atom. The molecule has 2 aliphatic heterocycles. The minimum absolute atomic E-state index is 0.0317. The van der Waals surface area contributed by atoms with E-state index in [0.717, 1.165) is 38.8 Å². The lowest BCUT2D eigenvalue weighted by molar-refractivity contribution is -0.132. The number of likely N-dealkylation sites (N-methyl/N-ethyl adjacent to an activating group) is 1. The van der Waals surface area contributed by atoms with Crippen molar-refractivity contribution in [3.8, 4) is 0 Å². The fourth-order valence-electron chi connectivity index (χ4n) is 3.09. The van der Waals surface area contributed by atoms with E-state index in [-0.39, 0.29) is 17.4 Å². The SMILES string of the molecule is CC(C)N(C)CC(=O)N1CCCC2(CCC(=O)N2)CC1. The topological polar surface area (TPSA) is 52.7 Å². The summed E-state index contributed by atoms with van der Waals surface area (Å²) >= 11 is 0. The summed E-state index contributed by atoms with van der Waals surface area (Å²) in [6, 6.07) is 0.381. The molecule has 5 nitrogen and oxygen atoms in total. The van der Waals surface area contributed by atoms with Crippen molar-refractivity contribution in [2.24, 2.45) is 0 Å². The summed E-state index contributed by atoms with van der Waals surface area (Å²) in [6.07, 6.45) is 4.46. The Morgan fingerprint density at radius 2 is 2.10 bits per heavy atom. The number of likely N-dealkylation sites (tertiary alicyclic amines) is 1. The molecule has 20 heavy (non-hydrogen) atoms. The van der Waals surface area contributed by atoms with Crippen molar-refractivity contribution in [2.75, 3.05) is 26.7 Å². The first-order chi connectivity index (χ1) is 9.42. The monoisotopic (exact) mass is 281 g/mol. The van der Waals surface area contributed by atoms with Gasteiger partial charge in [-0.25, -0.2) is 0 Å². The van der Waals surface area contributed by atoms with Crippen LogP contribution in [0, 0.1) is 0 Å². The Balaban J connectivity index is 1.89. The fraction of sp³-hybridized carbons (Fsp3) is 0.867. The van der Waals surface area contributed by atoms with Gasteiger partial charge in [-0.3, -0.25) is 14.5 Å². The quantitative estimate of drug-likeness (QED) is 0.839. The summed E-state index contributed by atoms with van der Waals surface area (Å²) < 4.78 is 0. The van der Waals surface area contributed by atoms with Crippen LogP contribution in [0.4, 0.5) is 0 Å². The number of carbonyl (C=O) groups is 2. The highest BCUT2D eigenvalue weighted by molar-refractivity contribution is 5.80. The van der Waals surface area contributed by atoms with E-state index in [1.54, 1.807) is 0 Å². The number of nitrogens with zero attached hydrogens (tertiary/aromatic N) is 2. The predicted molar refractivity (Wildman–Crippen MR) is 78.3 cm³/mol. The Kier molecular flexibility index (Phi) is 4.68. The molecule has 0 radical (unpaired) electrons. The van der Waals surface area contributed by atoms with Gasteiger partial charge in [-0.2, -0.15) is 0 Å². The third-order valence-corrected chi connectivity index (χ3v) is 4.80. The molecular weight excluding hydrogens is 254 g/mol. The molecular formula is C15H27N3O2. The maximum Gasteiger partial charge on any atom is 0.236 e. The molecule has 2 saturated heterocycles. The van der Waals surface area contributed by atoms with Crippen LogP contribution in [-0.2, 0) is 9.59 Å². The van der Waals surface area contributed by atoms with E-state index in [2.05, 4.69) is 24.1 Å². The summed E-state index contributed by atoms with van der Waals surface area (Å²) in [4.78, 5) is 27.8. The zero-order valence-electron chi connectivity index (χ0n) is 12.9. The molecule has 0 aromatic heterocycles. The van der Waals surface area contributed by atoms with Gasteiger partial charge < -0.3 is 10.2 Å². The first kappa shape index (κ1) is 15.3. The van der Waals surface area contributed by atoms with Crippen LogP contribution in [0.15, 0.2) is 0 Å². The highest BCUT2D eigenvalue weighted by Gasteiger charge is 2.39. The van der Waals surface area contributed by atoms with Crippen molar-refractivity contribution < 1.29 is 9.59 Å². The molecule has 0 bridgehead atoms. The molecule has 5 heteroatoms. The summed E-state index contributed by atoms with van der Waals surface area (Å²) in [5, 5.41) is 3.14. The van der Waals surface area contributed by atoms with Crippen molar-refractivity contribution in [1.29, 1.82) is 0 Å². The van der Waals surface area contributed by atoms with E-state index in [0.29, 0.717) is 19.0 Å². The van der Waals surface area contributed by atoms with Gasteiger partial charge in [-0.1, -0.05) is 0 Å². The minimum Gasteiger partial charge on any atom is -0.351 e. The lowest BCUT2D eigenvalue weighted by Crippen LogP contribution is -2.44. The Hall–Kier alpha value is -1.10. The van der Waals surface area contributed by atoms with E-state index >= 15 is 0 Å². The number of amides is 2. The predicted octanol–water partition coefficient (Wildman–Crippen LogP) is 0.988. The van der Waals surface area contributed by atoms with Crippen molar-refractivity contribution in [3.05, 3.63) is 0 Å². The summed E-state index contributed by atoms with van der Waals surface area (Å²) in [5.41, 5.74) is -0.0317. The second-order valence-electron chi connectivity index (χ2n) is 6.57. The summed E-state index contributed by atoms with van der Waals surface area (Å²) in [7, 11) is 1.99. The molecule has 2 aliphatic rings. The highest BCUT2D eigenvalue weighted by atomic mass is 16.2. The number of carbonyl (C=O) groups excluding carboxylic acids is 2. The Bertz CT molecular complexity index is 383. The van der Waals surface area contributed by atoms with Gasteiger partial charge in [0.05, 0.1) is 6.54 Å². The third kappa shape index (κ3) is 3.51. The molecule has 0 aromatic rings. The second-order valence-corrected chi connectivity index (χ2v) is 6.57. The van der Waals surface area contributed by atoms with Gasteiger partial charge in [0.1, 0.15) is 0 Å². The largest absolute Gasteiger partial charge is 0.351 e. The van der Waals surface area contributed by atoms with E-state index < -0.39 is 0 Å². The Labute approximate surface area is 121 Å². The van der Waals surface area contributed by atoms with Gasteiger partial charge in [0.25, 0.3) is 0 Å². The van der Waals surface area contributed by atoms with Gasteiger partial charge in [0.15, 0.2) is 0 Å². The molecule has 2 fully saturated rings. The van der Waals surface area contributed by atoms with Crippen LogP contribution in [-0.4, -0.2) is 59.9 Å². The number of hydrogen-bond donors (Lipinski definition) is 1. The lowest BCUT2D eigenvalue weighted by atomic mass is 9.89. The van der Waals surface area contributed by atoms with Crippen molar-refractivity contribution >= 4 is 11.8 Å². The molecule has 0 aromatic carbocycles. The maximum atomic E-state index is 12.3. The smallest absolute Gasteiger partial charge is 0.236 e. The van der Waals surface area contributed by atoms with E-state index in [9.17, 15) is 9.59 Å².